The van der Waals surface area contributed by atoms with Gasteiger partial charge in [0.15, 0.2) is 0 Å². The summed E-state index contributed by atoms with van der Waals surface area (Å²) in [6.07, 6.45) is 5.40. The molecule has 0 aliphatic rings. The number of rotatable bonds is 6. The summed E-state index contributed by atoms with van der Waals surface area (Å²) in [5, 5.41) is 0. The summed E-state index contributed by atoms with van der Waals surface area (Å²) in [6, 6.07) is 25.4. The molecule has 39 heavy (non-hydrogen) atoms. The van der Waals surface area contributed by atoms with Crippen LogP contribution in [0.25, 0.3) is 22.5 Å². The normalized spacial score (nSPS) is 11.1. The third kappa shape index (κ3) is 10.1. The Labute approximate surface area is 245 Å². The molecule has 4 heteroatoms. The zero-order valence-corrected chi connectivity index (χ0v) is 28.5. The predicted octanol–water partition coefficient (Wildman–Crippen LogP) is 9.37. The molecule has 2 heterocycles. The van der Waals surface area contributed by atoms with Crippen LogP contribution in [-0.4, -0.2) is 36.5 Å². The van der Waals surface area contributed by atoms with Crippen LogP contribution in [0.15, 0.2) is 85.2 Å². The fraction of sp³-hybridized carbons (Fsp3) is 0.371. The first kappa shape index (κ1) is 34.9. The first-order valence-electron chi connectivity index (χ1n) is 13.4. The van der Waals surface area contributed by atoms with Gasteiger partial charge in [0.2, 0.25) is 0 Å². The van der Waals surface area contributed by atoms with Gasteiger partial charge >= 0.3 is 232 Å². The van der Waals surface area contributed by atoms with Crippen LogP contribution in [0.1, 0.15) is 39.8 Å². The standard InChI is InChI=1S/C18H25GeN.C15H19GeN.2CH4/c1-14(2)11-16-12-18(15-9-7-6-8-10-15)20-13-17(16)19(3,4)5;1-12-10-15(13-8-6-5-7-9-13)17-11-14(12)16(2,3)4;;/h6-10,12-14H,11H2,1-5H3;5-11H,1-4H3;2*1H4. The Hall–Kier alpha value is -2.17. The van der Waals surface area contributed by atoms with Gasteiger partial charge in [0.1, 0.15) is 0 Å². The number of benzene rings is 2. The fourth-order valence-corrected chi connectivity index (χ4v) is 11.6. The second-order valence-electron chi connectivity index (χ2n) is 12.4. The summed E-state index contributed by atoms with van der Waals surface area (Å²) in [5.41, 5.74) is 7.51. The van der Waals surface area contributed by atoms with Gasteiger partial charge in [-0.25, -0.2) is 0 Å². The zero-order valence-electron chi connectivity index (χ0n) is 24.3. The molecule has 0 aliphatic carbocycles. The van der Waals surface area contributed by atoms with Crippen LogP contribution in [-0.2, 0) is 6.42 Å². The first-order chi connectivity index (χ1) is 17.4. The van der Waals surface area contributed by atoms with Gasteiger partial charge < -0.3 is 0 Å². The third-order valence-electron chi connectivity index (χ3n) is 6.48. The molecule has 2 nitrogen and oxygen atoms in total. The maximum atomic E-state index is 4.73. The Bertz CT molecular complexity index is 1290. The minimum atomic E-state index is -1.85. The van der Waals surface area contributed by atoms with Crippen molar-refractivity contribution in [3.05, 3.63) is 96.3 Å². The Kier molecular flexibility index (Phi) is 13.4. The van der Waals surface area contributed by atoms with Crippen molar-refractivity contribution in [2.75, 3.05) is 0 Å². The van der Waals surface area contributed by atoms with E-state index < -0.39 is 26.5 Å². The van der Waals surface area contributed by atoms with Crippen LogP contribution in [0.3, 0.4) is 0 Å². The van der Waals surface area contributed by atoms with Gasteiger partial charge in [0, 0.05) is 0 Å². The molecule has 0 fully saturated rings. The van der Waals surface area contributed by atoms with E-state index in [-0.39, 0.29) is 14.9 Å². The molecule has 210 valence electrons. The van der Waals surface area contributed by atoms with Crippen LogP contribution in [0.5, 0.6) is 0 Å². The van der Waals surface area contributed by atoms with Crippen molar-refractivity contribution in [3.8, 4) is 22.5 Å². The van der Waals surface area contributed by atoms with Crippen molar-refractivity contribution in [2.24, 2.45) is 5.92 Å². The van der Waals surface area contributed by atoms with Crippen molar-refractivity contribution >= 4 is 35.3 Å². The number of aromatic nitrogens is 2. The minimum absolute atomic E-state index is 0. The zero-order chi connectivity index (χ0) is 27.2. The van der Waals surface area contributed by atoms with Crippen LogP contribution in [0.4, 0.5) is 0 Å². The maximum absolute atomic E-state index is 4.73. The van der Waals surface area contributed by atoms with Crippen molar-refractivity contribution in [1.29, 1.82) is 0 Å². The van der Waals surface area contributed by atoms with E-state index in [4.69, 9.17) is 4.98 Å². The molecule has 0 amide bonds. The molecule has 0 radical (unpaired) electrons. The van der Waals surface area contributed by atoms with Gasteiger partial charge in [-0.1, -0.05) is 14.9 Å². The van der Waals surface area contributed by atoms with E-state index in [1.807, 2.05) is 6.07 Å². The van der Waals surface area contributed by atoms with Gasteiger partial charge in [-0.2, -0.15) is 0 Å². The summed E-state index contributed by atoms with van der Waals surface area (Å²) in [4.78, 5) is 9.35. The summed E-state index contributed by atoms with van der Waals surface area (Å²) >= 11 is -3.61. The molecule has 0 spiro atoms. The molecule has 0 saturated heterocycles. The van der Waals surface area contributed by atoms with E-state index in [1.165, 1.54) is 26.6 Å². The molecular weight excluding hydrogens is 594 g/mol. The van der Waals surface area contributed by atoms with Gasteiger partial charge in [-0.3, -0.25) is 0 Å². The second kappa shape index (κ2) is 15.0. The SMILES string of the molecule is C.C.CC(C)Cc1cc(-c2ccccc2)nc[c]1[Ge]([CH3])([CH3])[CH3].Cc1cc(-c2ccccc2)nc[c]1[Ge]([CH3])([CH3])[CH3]. The molecule has 2 aromatic carbocycles. The van der Waals surface area contributed by atoms with E-state index in [9.17, 15) is 0 Å². The van der Waals surface area contributed by atoms with Crippen molar-refractivity contribution in [3.63, 3.8) is 0 Å². The summed E-state index contributed by atoms with van der Waals surface area (Å²) in [6.45, 7) is 6.80. The van der Waals surface area contributed by atoms with Crippen molar-refractivity contribution < 1.29 is 0 Å². The van der Waals surface area contributed by atoms with Crippen LogP contribution < -0.4 is 8.79 Å². The number of nitrogens with zero attached hydrogens (tertiary/aromatic N) is 2. The van der Waals surface area contributed by atoms with E-state index in [2.05, 4.69) is 139 Å². The van der Waals surface area contributed by atoms with Gasteiger partial charge in [0.05, 0.1) is 0 Å². The Morgan fingerprint density at radius 3 is 1.41 bits per heavy atom. The molecule has 2 aromatic heterocycles. The third-order valence-corrected chi connectivity index (χ3v) is 15.3. The molecule has 4 aromatic rings. The average molecular weight is 646 g/mol. The van der Waals surface area contributed by atoms with Crippen LogP contribution in [0.2, 0.25) is 34.5 Å². The number of pyridine rings is 2. The topological polar surface area (TPSA) is 25.8 Å². The Balaban J connectivity index is 0.000000375. The molecule has 0 atom stereocenters. The molecule has 0 N–H and O–H groups in total. The first-order valence-corrected chi connectivity index (χ1v) is 28.1. The quantitative estimate of drug-likeness (QED) is 0.195. The second-order valence-corrected chi connectivity index (χ2v) is 33.6. The van der Waals surface area contributed by atoms with Crippen molar-refractivity contribution in [2.45, 2.75) is 76.6 Å². The van der Waals surface area contributed by atoms with E-state index in [0.717, 1.165) is 17.8 Å². The molecule has 0 unspecified atom stereocenters. The molecule has 0 bridgehead atoms. The predicted molar refractivity (Wildman–Crippen MR) is 182 cm³/mol. The molecule has 4 rings (SSSR count). The molecular formula is C35H52Ge2N2. The molecule has 0 saturated carbocycles. The van der Waals surface area contributed by atoms with Crippen LogP contribution >= 0.6 is 0 Å². The Morgan fingerprint density at radius 1 is 0.615 bits per heavy atom. The summed E-state index contributed by atoms with van der Waals surface area (Å²) in [5.74, 6) is 15.3. The number of hydrogen-bond donors (Lipinski definition) is 0. The Morgan fingerprint density at radius 2 is 1.03 bits per heavy atom. The van der Waals surface area contributed by atoms with Gasteiger partial charge in [-0.15, -0.1) is 0 Å². The van der Waals surface area contributed by atoms with E-state index in [0.29, 0.717) is 5.92 Å². The number of hydrogen-bond acceptors (Lipinski definition) is 2. The van der Waals surface area contributed by atoms with Crippen LogP contribution in [0, 0.1) is 12.8 Å². The average Bonchev–Trinajstić information content (AvgIpc) is 2.83. The summed E-state index contributed by atoms with van der Waals surface area (Å²) in [7, 11) is 0. The van der Waals surface area contributed by atoms with Gasteiger partial charge in [0.25, 0.3) is 0 Å². The van der Waals surface area contributed by atoms with Crippen molar-refractivity contribution in [1.82, 2.24) is 9.97 Å². The van der Waals surface area contributed by atoms with Gasteiger partial charge in [-0.05, 0) is 0 Å². The monoisotopic (exact) mass is 648 g/mol. The van der Waals surface area contributed by atoms with E-state index >= 15 is 0 Å². The fourth-order valence-electron chi connectivity index (χ4n) is 4.66. The summed E-state index contributed by atoms with van der Waals surface area (Å²) < 4.78 is 3.06. The molecule has 0 aliphatic heterocycles. The number of aryl methyl sites for hydroxylation is 1. The van der Waals surface area contributed by atoms with E-state index in [1.54, 1.807) is 4.40 Å².